The summed E-state index contributed by atoms with van der Waals surface area (Å²) in [4.78, 5) is 11.5. The lowest BCUT2D eigenvalue weighted by Crippen LogP contribution is -2.24. The van der Waals surface area contributed by atoms with Gasteiger partial charge in [0.05, 0.1) is 4.88 Å². The molecule has 10 heteroatoms. The molecule has 1 aromatic carbocycles. The molecule has 2 aromatic rings. The fraction of sp³-hybridized carbons (Fsp3) is 0.0667. The molecule has 0 aliphatic rings. The van der Waals surface area contributed by atoms with Crippen molar-refractivity contribution in [3.63, 3.8) is 0 Å². The summed E-state index contributed by atoms with van der Waals surface area (Å²) in [6.07, 6.45) is -5.31. The molecule has 0 fully saturated rings. The Labute approximate surface area is 142 Å². The molecule has 0 amide bonds. The maximum Gasteiger partial charge on any atom is 0.456 e. The molecule has 5 nitrogen and oxygen atoms in total. The predicted molar refractivity (Wildman–Crippen MR) is 80.6 cm³/mol. The molecule has 1 N–H and O–H groups in total. The highest BCUT2D eigenvalue weighted by molar-refractivity contribution is 7.11. The Morgan fingerprint density at radius 2 is 1.96 bits per heavy atom. The number of alkyl halides is 3. The van der Waals surface area contributed by atoms with Crippen LogP contribution in [0.15, 0.2) is 51.6 Å². The molecule has 0 unspecified atom stereocenters. The fourth-order valence-electron chi connectivity index (χ4n) is 1.68. The molecule has 0 bridgehead atoms. The van der Waals surface area contributed by atoms with Crippen molar-refractivity contribution in [1.82, 2.24) is 0 Å². The first-order chi connectivity index (χ1) is 11.8. The van der Waals surface area contributed by atoms with Crippen molar-refractivity contribution >= 4 is 28.6 Å². The molecule has 0 saturated heterocycles. The lowest BCUT2D eigenvalue weighted by molar-refractivity contribution is -0.166. The highest BCUT2D eigenvalue weighted by Crippen LogP contribution is 2.30. The Hall–Kier alpha value is -3.06. The highest BCUT2D eigenvalue weighted by Gasteiger charge is 2.43. The van der Waals surface area contributed by atoms with Crippen LogP contribution in [-0.4, -0.2) is 17.1 Å². The standard InChI is InChI=1S/C15H7F4N3O2S/c16-9-3-1-4-10(8(9)7-20)21-22-12(14(24)15(17,18)19)13(23)11-5-2-6-25-11/h1-6,23H. The van der Waals surface area contributed by atoms with Gasteiger partial charge in [0, 0.05) is 0 Å². The number of allylic oxidation sites excluding steroid dienone is 1. The first-order valence-electron chi connectivity index (χ1n) is 6.44. The molecule has 2 rings (SSSR count). The maximum atomic E-state index is 13.5. The van der Waals surface area contributed by atoms with E-state index in [0.29, 0.717) is 0 Å². The van der Waals surface area contributed by atoms with Crippen molar-refractivity contribution in [3.8, 4) is 6.07 Å². The predicted octanol–water partition coefficient (Wildman–Crippen LogP) is 4.90. The number of azo groups is 1. The lowest BCUT2D eigenvalue weighted by atomic mass is 10.2. The first kappa shape index (κ1) is 18.3. The van der Waals surface area contributed by atoms with Gasteiger partial charge in [0.25, 0.3) is 5.78 Å². The molecule has 0 radical (unpaired) electrons. The van der Waals surface area contributed by atoms with Gasteiger partial charge in [-0.15, -0.1) is 21.6 Å². The number of thiophene rings is 1. The van der Waals surface area contributed by atoms with E-state index in [4.69, 9.17) is 5.26 Å². The number of carbonyl (C=O) groups is 1. The van der Waals surface area contributed by atoms with E-state index in [0.717, 1.165) is 23.5 Å². The zero-order valence-electron chi connectivity index (χ0n) is 12.1. The van der Waals surface area contributed by atoms with Crippen molar-refractivity contribution in [2.24, 2.45) is 10.2 Å². The zero-order valence-corrected chi connectivity index (χ0v) is 12.9. The topological polar surface area (TPSA) is 85.8 Å². The Bertz CT molecular complexity index is 896. The van der Waals surface area contributed by atoms with Gasteiger partial charge in [-0.3, -0.25) is 4.79 Å². The van der Waals surface area contributed by atoms with E-state index in [9.17, 15) is 27.5 Å². The number of nitriles is 1. The second-order valence-corrected chi connectivity index (χ2v) is 5.39. The van der Waals surface area contributed by atoms with Crippen molar-refractivity contribution in [1.29, 1.82) is 5.26 Å². The molecule has 0 atom stereocenters. The monoisotopic (exact) mass is 369 g/mol. The molecule has 1 aromatic heterocycles. The second kappa shape index (κ2) is 7.23. The van der Waals surface area contributed by atoms with Crippen molar-refractivity contribution in [3.05, 3.63) is 57.7 Å². The maximum absolute atomic E-state index is 13.5. The number of rotatable bonds is 4. The number of aliphatic hydroxyl groups excluding tert-OH is 1. The van der Waals surface area contributed by atoms with Gasteiger partial charge in [0.15, 0.2) is 11.5 Å². The van der Waals surface area contributed by atoms with Crippen LogP contribution < -0.4 is 0 Å². The van der Waals surface area contributed by atoms with Crippen LogP contribution >= 0.6 is 11.3 Å². The molecular formula is C15H7F4N3O2S. The minimum atomic E-state index is -5.31. The van der Waals surface area contributed by atoms with Crippen LogP contribution in [0.2, 0.25) is 0 Å². The normalized spacial score (nSPS) is 12.8. The van der Waals surface area contributed by atoms with Gasteiger partial charge in [-0.2, -0.15) is 18.4 Å². The quantitative estimate of drug-likeness (QED) is 0.360. The smallest absolute Gasteiger partial charge is 0.456 e. The summed E-state index contributed by atoms with van der Waals surface area (Å²) in [5.41, 5.74) is -2.29. The van der Waals surface area contributed by atoms with Crippen LogP contribution in [0, 0.1) is 17.1 Å². The van der Waals surface area contributed by atoms with Crippen LogP contribution in [-0.2, 0) is 4.79 Å². The summed E-state index contributed by atoms with van der Waals surface area (Å²) >= 11 is 0.878. The minimum Gasteiger partial charge on any atom is -0.504 e. The summed E-state index contributed by atoms with van der Waals surface area (Å²) < 4.78 is 51.7. The summed E-state index contributed by atoms with van der Waals surface area (Å²) in [5, 5.41) is 26.7. The Balaban J connectivity index is 2.56. The highest BCUT2D eigenvalue weighted by atomic mass is 32.1. The van der Waals surface area contributed by atoms with Crippen LogP contribution in [0.1, 0.15) is 10.4 Å². The van der Waals surface area contributed by atoms with Crippen molar-refractivity contribution in [2.75, 3.05) is 0 Å². The number of hydrogen-bond donors (Lipinski definition) is 1. The van der Waals surface area contributed by atoms with Crippen LogP contribution in [0.4, 0.5) is 23.2 Å². The molecule has 0 saturated carbocycles. The number of benzene rings is 1. The number of halogens is 4. The zero-order chi connectivity index (χ0) is 18.6. The number of aliphatic hydroxyl groups is 1. The van der Waals surface area contributed by atoms with Gasteiger partial charge in [-0.05, 0) is 23.6 Å². The summed E-state index contributed by atoms with van der Waals surface area (Å²) in [7, 11) is 0. The van der Waals surface area contributed by atoms with Gasteiger partial charge in [-0.25, -0.2) is 4.39 Å². The number of nitrogens with zero attached hydrogens (tertiary/aromatic N) is 3. The van der Waals surface area contributed by atoms with Crippen molar-refractivity contribution < 1.29 is 27.5 Å². The third-order valence-corrected chi connectivity index (χ3v) is 3.69. The largest absolute Gasteiger partial charge is 0.504 e. The molecule has 25 heavy (non-hydrogen) atoms. The number of ketones is 1. The average molecular weight is 369 g/mol. The number of carbonyl (C=O) groups excluding carboxylic acids is 1. The summed E-state index contributed by atoms with van der Waals surface area (Å²) in [5.74, 6) is -4.39. The van der Waals surface area contributed by atoms with E-state index in [-0.39, 0.29) is 10.6 Å². The number of Topliss-reactive ketones (excluding diaryl/α,β-unsaturated/α-hetero) is 1. The van der Waals surface area contributed by atoms with E-state index in [1.54, 1.807) is 0 Å². The average Bonchev–Trinajstić information content (AvgIpc) is 3.08. The van der Waals surface area contributed by atoms with Crippen LogP contribution in [0.5, 0.6) is 0 Å². The fourth-order valence-corrected chi connectivity index (χ4v) is 2.34. The number of hydrogen-bond acceptors (Lipinski definition) is 6. The van der Waals surface area contributed by atoms with Gasteiger partial charge < -0.3 is 5.11 Å². The van der Waals surface area contributed by atoms with E-state index >= 15 is 0 Å². The van der Waals surface area contributed by atoms with Crippen LogP contribution in [0.25, 0.3) is 5.76 Å². The Morgan fingerprint density at radius 3 is 2.52 bits per heavy atom. The van der Waals surface area contributed by atoms with E-state index in [1.807, 2.05) is 0 Å². The molecule has 0 aliphatic carbocycles. The third-order valence-electron chi connectivity index (χ3n) is 2.81. The minimum absolute atomic E-state index is 0.0358. The van der Waals surface area contributed by atoms with E-state index in [1.165, 1.54) is 29.6 Å². The molecule has 0 aliphatic heterocycles. The van der Waals surface area contributed by atoms with E-state index in [2.05, 4.69) is 10.2 Å². The second-order valence-electron chi connectivity index (χ2n) is 4.45. The molecular weight excluding hydrogens is 362 g/mol. The van der Waals surface area contributed by atoms with Gasteiger partial charge in [0.1, 0.15) is 23.1 Å². The Morgan fingerprint density at radius 1 is 1.24 bits per heavy atom. The third kappa shape index (κ3) is 4.07. The Kier molecular flexibility index (Phi) is 5.29. The molecule has 1 heterocycles. The molecule has 0 spiro atoms. The lowest BCUT2D eigenvalue weighted by Gasteiger charge is -2.07. The van der Waals surface area contributed by atoms with Gasteiger partial charge in [-0.1, -0.05) is 12.1 Å². The summed E-state index contributed by atoms with van der Waals surface area (Å²) in [6, 6.07) is 7.47. The van der Waals surface area contributed by atoms with Crippen molar-refractivity contribution in [2.45, 2.75) is 6.18 Å². The molecule has 128 valence electrons. The summed E-state index contributed by atoms with van der Waals surface area (Å²) in [6.45, 7) is 0. The van der Waals surface area contributed by atoms with Crippen LogP contribution in [0.3, 0.4) is 0 Å². The van der Waals surface area contributed by atoms with Gasteiger partial charge >= 0.3 is 6.18 Å². The van der Waals surface area contributed by atoms with Gasteiger partial charge in [0.2, 0.25) is 0 Å². The first-order valence-corrected chi connectivity index (χ1v) is 7.32. The SMILES string of the molecule is N#Cc1c(F)cccc1N=NC(C(=O)C(F)(F)F)=C(O)c1cccs1. The van der Waals surface area contributed by atoms with E-state index < -0.39 is 34.8 Å².